The van der Waals surface area contributed by atoms with Gasteiger partial charge in [-0.05, 0) is 69.7 Å². The average Bonchev–Trinajstić information content (AvgIpc) is 3.21. The Morgan fingerprint density at radius 1 is 1.11 bits per heavy atom. The molecule has 2 aromatic heterocycles. The molecule has 3 atom stereocenters. The van der Waals surface area contributed by atoms with Gasteiger partial charge in [0.05, 0.1) is 5.69 Å². The molecule has 4 heterocycles. The van der Waals surface area contributed by atoms with Crippen molar-refractivity contribution < 1.29 is 23.1 Å². The first-order valence-corrected chi connectivity index (χ1v) is 15.4. The summed E-state index contributed by atoms with van der Waals surface area (Å²) < 4.78 is 35.1. The fraction of sp³-hybridized carbons (Fsp3) is 0.500. The largest absolute Gasteiger partial charge is 0.444 e. The van der Waals surface area contributed by atoms with Crippen LogP contribution >= 0.6 is 0 Å². The Bertz CT molecular complexity index is 1650. The number of anilines is 1. The van der Waals surface area contributed by atoms with Gasteiger partial charge < -0.3 is 14.5 Å². The number of pyridine rings is 1. The molecule has 9 nitrogen and oxygen atoms in total. The quantitative estimate of drug-likeness (QED) is 0.362. The molecule has 3 aromatic rings. The molecule has 5 rings (SSSR count). The molecule has 0 spiro atoms. The summed E-state index contributed by atoms with van der Waals surface area (Å²) >= 11 is 0. The van der Waals surface area contributed by atoms with E-state index < -0.39 is 29.0 Å². The summed E-state index contributed by atoms with van der Waals surface area (Å²) in [7, 11) is 0. The zero-order valence-electron chi connectivity index (χ0n) is 26.7. The Kier molecular flexibility index (Phi) is 8.83. The van der Waals surface area contributed by atoms with Crippen LogP contribution in [-0.4, -0.2) is 56.2 Å². The number of piperidine rings is 1. The van der Waals surface area contributed by atoms with Crippen LogP contribution in [0.5, 0.6) is 0 Å². The Hall–Kier alpha value is -4.15. The highest BCUT2D eigenvalue weighted by Crippen LogP contribution is 2.42. The molecule has 0 bridgehead atoms. The summed E-state index contributed by atoms with van der Waals surface area (Å²) in [6, 6.07) is 6.81. The maximum atomic E-state index is 14.4. The van der Waals surface area contributed by atoms with Crippen molar-refractivity contribution in [2.24, 2.45) is 11.8 Å². The minimum atomic E-state index is -0.661. The third kappa shape index (κ3) is 7.23. The predicted molar refractivity (Wildman–Crippen MR) is 166 cm³/mol. The fourth-order valence-electron chi connectivity index (χ4n) is 6.46. The van der Waals surface area contributed by atoms with Gasteiger partial charge in [-0.1, -0.05) is 19.9 Å². The minimum absolute atomic E-state index is 0.0709. The molecule has 2 aliphatic heterocycles. The second-order valence-electron chi connectivity index (χ2n) is 14.0. The predicted octanol–water partition coefficient (Wildman–Crippen LogP) is 5.48. The lowest BCUT2D eigenvalue weighted by molar-refractivity contribution is -0.120. The molecule has 0 N–H and O–H groups in total. The number of carbonyl (C=O) groups excluding carboxylic acids is 2. The maximum absolute atomic E-state index is 14.4. The first-order valence-electron chi connectivity index (χ1n) is 15.4. The van der Waals surface area contributed by atoms with Crippen molar-refractivity contribution in [3.05, 3.63) is 87.9 Å². The molecule has 1 fully saturated rings. The van der Waals surface area contributed by atoms with Gasteiger partial charge >= 0.3 is 11.8 Å². The van der Waals surface area contributed by atoms with Crippen LogP contribution in [0.25, 0.3) is 0 Å². The summed E-state index contributed by atoms with van der Waals surface area (Å²) in [5.74, 6) is -1.69. The van der Waals surface area contributed by atoms with Crippen LogP contribution in [0.1, 0.15) is 71.2 Å². The zero-order chi connectivity index (χ0) is 32.7. The van der Waals surface area contributed by atoms with Crippen molar-refractivity contribution in [2.75, 3.05) is 18.0 Å². The van der Waals surface area contributed by atoms with Gasteiger partial charge in [-0.2, -0.15) is 0 Å². The number of rotatable bonds is 6. The van der Waals surface area contributed by atoms with E-state index in [9.17, 15) is 23.2 Å². The SMILES string of the molecule is C[C@@H]1CC(CC(=O)N2CC(C)(C)c3cnc(Cc4ccc(F)cc4F)cc32)[C@@H](Cn2cccnc2=O)CN1C(=O)OC(C)(C)C. The van der Waals surface area contributed by atoms with Gasteiger partial charge in [-0.3, -0.25) is 14.3 Å². The Labute approximate surface area is 262 Å². The molecule has 240 valence electrons. The first kappa shape index (κ1) is 32.2. The van der Waals surface area contributed by atoms with E-state index in [4.69, 9.17) is 4.74 Å². The second-order valence-corrected chi connectivity index (χ2v) is 14.0. The van der Waals surface area contributed by atoms with Crippen molar-refractivity contribution in [3.63, 3.8) is 0 Å². The molecule has 0 aliphatic carbocycles. The van der Waals surface area contributed by atoms with E-state index in [1.54, 1.807) is 28.3 Å². The number of nitrogens with zero attached hydrogens (tertiary/aromatic N) is 5. The van der Waals surface area contributed by atoms with Gasteiger partial charge in [-0.15, -0.1) is 0 Å². The number of aromatic nitrogens is 3. The molecule has 1 aromatic carbocycles. The van der Waals surface area contributed by atoms with Gasteiger partial charge in [0.25, 0.3) is 0 Å². The third-order valence-electron chi connectivity index (χ3n) is 8.75. The van der Waals surface area contributed by atoms with E-state index in [-0.39, 0.29) is 42.0 Å². The van der Waals surface area contributed by atoms with Crippen LogP contribution in [0.2, 0.25) is 0 Å². The zero-order valence-corrected chi connectivity index (χ0v) is 26.7. The minimum Gasteiger partial charge on any atom is -0.444 e. The highest BCUT2D eigenvalue weighted by atomic mass is 19.1. The fourth-order valence-corrected chi connectivity index (χ4v) is 6.46. The van der Waals surface area contributed by atoms with Crippen molar-refractivity contribution in [1.82, 2.24) is 19.4 Å². The molecule has 2 aliphatic rings. The van der Waals surface area contributed by atoms with E-state index in [1.807, 2.05) is 33.8 Å². The lowest BCUT2D eigenvalue weighted by Crippen LogP contribution is -2.52. The monoisotopic (exact) mass is 621 g/mol. The molecular weight excluding hydrogens is 580 g/mol. The molecule has 2 amide bonds. The van der Waals surface area contributed by atoms with Crippen molar-refractivity contribution in [3.8, 4) is 0 Å². The number of likely N-dealkylation sites (tertiary alicyclic amines) is 1. The summed E-state index contributed by atoms with van der Waals surface area (Å²) in [5, 5.41) is 0. The second kappa shape index (κ2) is 12.3. The number of carbonyl (C=O) groups is 2. The number of ether oxygens (including phenoxy) is 1. The van der Waals surface area contributed by atoms with E-state index in [1.165, 1.54) is 22.9 Å². The van der Waals surface area contributed by atoms with Crippen molar-refractivity contribution in [2.45, 2.75) is 84.4 Å². The van der Waals surface area contributed by atoms with E-state index in [0.717, 1.165) is 17.3 Å². The van der Waals surface area contributed by atoms with Gasteiger partial charge in [0, 0.05) is 79.8 Å². The maximum Gasteiger partial charge on any atom is 0.410 e. The summed E-state index contributed by atoms with van der Waals surface area (Å²) in [6.07, 6.45) is 5.36. The highest BCUT2D eigenvalue weighted by Gasteiger charge is 2.42. The summed E-state index contributed by atoms with van der Waals surface area (Å²) in [6.45, 7) is 12.6. The van der Waals surface area contributed by atoms with Crippen molar-refractivity contribution in [1.29, 1.82) is 0 Å². The molecule has 1 unspecified atom stereocenters. The Balaban J connectivity index is 1.40. The smallest absolute Gasteiger partial charge is 0.410 e. The van der Waals surface area contributed by atoms with Gasteiger partial charge in [0.2, 0.25) is 5.91 Å². The molecule has 1 saturated heterocycles. The van der Waals surface area contributed by atoms with E-state index in [2.05, 4.69) is 23.8 Å². The standard InChI is InChI=1S/C34H41F2N5O4/c1-21-12-23(24(18-39-11-7-10-37-31(39)43)19-40(21)32(44)45-33(2,3)4)14-30(42)41-20-34(5,6)27-17-38-26(16-29(27)41)13-22-8-9-25(35)15-28(22)36/h7-11,15-17,21,23-24H,12-14,18-20H2,1-6H3/t21-,23?,24+/m1/s1. The van der Waals surface area contributed by atoms with E-state index in [0.29, 0.717) is 37.3 Å². The van der Waals surface area contributed by atoms with Crippen LogP contribution in [-0.2, 0) is 27.9 Å². The van der Waals surface area contributed by atoms with Gasteiger partial charge in [0.1, 0.15) is 17.2 Å². The van der Waals surface area contributed by atoms with Gasteiger partial charge in [0.15, 0.2) is 0 Å². The number of amides is 2. The number of benzene rings is 1. The topological polar surface area (TPSA) is 97.6 Å². The lowest BCUT2D eigenvalue weighted by Gasteiger charge is -2.43. The van der Waals surface area contributed by atoms with Crippen LogP contribution in [0.4, 0.5) is 19.3 Å². The van der Waals surface area contributed by atoms with Crippen LogP contribution < -0.4 is 10.6 Å². The van der Waals surface area contributed by atoms with E-state index >= 15 is 0 Å². The first-order chi connectivity index (χ1) is 21.1. The van der Waals surface area contributed by atoms with Crippen LogP contribution in [0, 0.1) is 23.5 Å². The summed E-state index contributed by atoms with van der Waals surface area (Å²) in [5.41, 5.74) is 1.14. The molecule has 0 saturated carbocycles. The molecular formula is C34H41F2N5O4. The van der Waals surface area contributed by atoms with Gasteiger partial charge in [-0.25, -0.2) is 23.4 Å². The van der Waals surface area contributed by atoms with Crippen LogP contribution in [0.3, 0.4) is 0 Å². The summed E-state index contributed by atoms with van der Waals surface area (Å²) in [4.78, 5) is 51.7. The Morgan fingerprint density at radius 3 is 2.56 bits per heavy atom. The van der Waals surface area contributed by atoms with Crippen LogP contribution in [0.15, 0.2) is 53.7 Å². The third-order valence-corrected chi connectivity index (χ3v) is 8.75. The normalized spacial score (nSPS) is 21.0. The lowest BCUT2D eigenvalue weighted by atomic mass is 9.79. The number of halogens is 2. The number of hydrogen-bond donors (Lipinski definition) is 0. The van der Waals surface area contributed by atoms with Crippen molar-refractivity contribution >= 4 is 17.7 Å². The number of fused-ring (bicyclic) bond motifs is 1. The Morgan fingerprint density at radius 2 is 1.87 bits per heavy atom. The average molecular weight is 622 g/mol. The highest BCUT2D eigenvalue weighted by molar-refractivity contribution is 5.96. The number of hydrogen-bond acceptors (Lipinski definition) is 6. The molecule has 45 heavy (non-hydrogen) atoms. The molecule has 0 radical (unpaired) electrons. The molecule has 11 heteroatoms.